The average molecular weight is 305 g/mol. The second-order valence-electron chi connectivity index (χ2n) is 3.21. The SMILES string of the molecule is CNCC(COCOP(=O)(O)OC)COP(=O)=O. The molecule has 11 heteroatoms. The van der Waals surface area contributed by atoms with Crippen molar-refractivity contribution < 1.29 is 36.9 Å². The quantitative estimate of drug-likeness (QED) is 0.322. The number of phosphoric acid groups is 1. The lowest BCUT2D eigenvalue weighted by molar-refractivity contribution is -0.0239. The number of rotatable bonds is 11. The monoisotopic (exact) mass is 305 g/mol. The van der Waals surface area contributed by atoms with E-state index in [0.717, 1.165) is 7.11 Å². The van der Waals surface area contributed by atoms with Crippen LogP contribution in [0.4, 0.5) is 0 Å². The maximum Gasteiger partial charge on any atom is 0.474 e. The van der Waals surface area contributed by atoms with Crippen molar-refractivity contribution in [2.24, 2.45) is 5.92 Å². The fraction of sp³-hybridized carbons (Fsp3) is 1.00. The number of phosphoric ester groups is 1. The second-order valence-corrected chi connectivity index (χ2v) is 5.48. The van der Waals surface area contributed by atoms with E-state index in [1.165, 1.54) is 0 Å². The predicted molar refractivity (Wildman–Crippen MR) is 60.4 cm³/mol. The molecule has 0 aromatic rings. The van der Waals surface area contributed by atoms with Gasteiger partial charge in [0.1, 0.15) is 0 Å². The first kappa shape index (κ1) is 17.9. The topological polar surface area (TPSA) is 120 Å². The number of hydrogen-bond donors (Lipinski definition) is 2. The summed E-state index contributed by atoms with van der Waals surface area (Å²) < 4.78 is 49.4. The van der Waals surface area contributed by atoms with E-state index in [1.54, 1.807) is 7.05 Å². The molecule has 2 unspecified atom stereocenters. The molecule has 108 valence electrons. The van der Waals surface area contributed by atoms with Gasteiger partial charge in [-0.25, -0.2) is 13.7 Å². The Bertz CT molecular complexity index is 325. The van der Waals surface area contributed by atoms with E-state index in [1.807, 2.05) is 0 Å². The fourth-order valence-electron chi connectivity index (χ4n) is 0.992. The summed E-state index contributed by atoms with van der Waals surface area (Å²) in [6.45, 7) is 0.0872. The highest BCUT2D eigenvalue weighted by atomic mass is 31.2. The first-order valence-corrected chi connectivity index (χ1v) is 7.53. The highest BCUT2D eigenvalue weighted by molar-refractivity contribution is 7.47. The van der Waals surface area contributed by atoms with Crippen molar-refractivity contribution in [1.29, 1.82) is 0 Å². The average Bonchev–Trinajstić information content (AvgIpc) is 2.31. The summed E-state index contributed by atoms with van der Waals surface area (Å²) >= 11 is 0. The molecule has 0 aliphatic heterocycles. The van der Waals surface area contributed by atoms with Crippen molar-refractivity contribution in [3.63, 3.8) is 0 Å². The lowest BCUT2D eigenvalue weighted by Gasteiger charge is -2.15. The molecule has 0 radical (unpaired) electrons. The van der Waals surface area contributed by atoms with Crippen LogP contribution < -0.4 is 5.32 Å². The highest BCUT2D eigenvalue weighted by Crippen LogP contribution is 2.41. The van der Waals surface area contributed by atoms with Crippen LogP contribution in [0.15, 0.2) is 0 Å². The van der Waals surface area contributed by atoms with Crippen LogP contribution in [0.25, 0.3) is 0 Å². The molecule has 0 rings (SSSR count). The van der Waals surface area contributed by atoms with Gasteiger partial charge in [0.15, 0.2) is 6.79 Å². The molecule has 0 amide bonds. The van der Waals surface area contributed by atoms with Gasteiger partial charge in [-0.1, -0.05) is 0 Å². The van der Waals surface area contributed by atoms with E-state index in [0.29, 0.717) is 6.54 Å². The lowest BCUT2D eigenvalue weighted by atomic mass is 10.2. The molecule has 0 bridgehead atoms. The van der Waals surface area contributed by atoms with Crippen LogP contribution in [0.3, 0.4) is 0 Å². The van der Waals surface area contributed by atoms with Crippen molar-refractivity contribution in [1.82, 2.24) is 5.32 Å². The van der Waals surface area contributed by atoms with Gasteiger partial charge in [0, 0.05) is 19.6 Å². The van der Waals surface area contributed by atoms with Crippen LogP contribution in [0, 0.1) is 5.92 Å². The minimum absolute atomic E-state index is 0.0411. The first-order chi connectivity index (χ1) is 8.41. The molecule has 0 fully saturated rings. The summed E-state index contributed by atoms with van der Waals surface area (Å²) in [5, 5.41) is 2.83. The van der Waals surface area contributed by atoms with Crippen LogP contribution >= 0.6 is 15.7 Å². The predicted octanol–water partition coefficient (Wildman–Crippen LogP) is 0.664. The van der Waals surface area contributed by atoms with Gasteiger partial charge >= 0.3 is 15.7 Å². The van der Waals surface area contributed by atoms with Crippen LogP contribution in [-0.2, 0) is 32.0 Å². The van der Waals surface area contributed by atoms with E-state index in [2.05, 4.69) is 18.9 Å². The third-order valence-electron chi connectivity index (χ3n) is 1.79. The van der Waals surface area contributed by atoms with Gasteiger partial charge in [-0.05, 0) is 7.05 Å². The summed E-state index contributed by atoms with van der Waals surface area (Å²) in [6, 6.07) is 0. The van der Waals surface area contributed by atoms with Gasteiger partial charge in [0.25, 0.3) is 0 Å². The van der Waals surface area contributed by atoms with Crippen molar-refractivity contribution in [2.45, 2.75) is 0 Å². The van der Waals surface area contributed by atoms with E-state index >= 15 is 0 Å². The molecule has 0 saturated carbocycles. The maximum atomic E-state index is 10.9. The van der Waals surface area contributed by atoms with Crippen LogP contribution in [0.5, 0.6) is 0 Å². The molecule has 0 saturated heterocycles. The molecule has 0 heterocycles. The molecule has 2 N–H and O–H groups in total. The molecule has 18 heavy (non-hydrogen) atoms. The van der Waals surface area contributed by atoms with E-state index in [9.17, 15) is 13.7 Å². The summed E-state index contributed by atoms with van der Waals surface area (Å²) in [5.41, 5.74) is 0. The zero-order valence-corrected chi connectivity index (χ0v) is 11.9. The zero-order valence-electron chi connectivity index (χ0n) is 10.1. The molecule has 0 aliphatic carbocycles. The zero-order chi connectivity index (χ0) is 14.0. The van der Waals surface area contributed by atoms with Crippen LogP contribution in [0.2, 0.25) is 0 Å². The van der Waals surface area contributed by atoms with E-state index in [-0.39, 0.29) is 19.1 Å². The summed E-state index contributed by atoms with van der Waals surface area (Å²) in [6.07, 6.45) is 0. The molecular formula is C7H17NO8P2. The van der Waals surface area contributed by atoms with Crippen molar-refractivity contribution in [3.8, 4) is 0 Å². The molecule has 0 aliphatic rings. The Morgan fingerprint density at radius 2 is 2.06 bits per heavy atom. The number of ether oxygens (including phenoxy) is 1. The molecular weight excluding hydrogens is 288 g/mol. The van der Waals surface area contributed by atoms with Gasteiger partial charge in [-0.15, -0.1) is 0 Å². The first-order valence-electron chi connectivity index (χ1n) is 4.94. The normalized spacial score (nSPS) is 16.2. The van der Waals surface area contributed by atoms with E-state index < -0.39 is 22.5 Å². The van der Waals surface area contributed by atoms with Crippen molar-refractivity contribution in [2.75, 3.05) is 40.7 Å². The standard InChI is InChI=1S/C7H17NO8P2/c1-8-3-7(5-15-17(9)10)4-14-6-16-18(11,12)13-2/h7-8H,3-6H2,1-2H3,(H,11,12). The Hall–Kier alpha value is -0.110. The highest BCUT2D eigenvalue weighted by Gasteiger charge is 2.18. The second kappa shape index (κ2) is 9.77. The van der Waals surface area contributed by atoms with Gasteiger partial charge < -0.3 is 14.9 Å². The maximum absolute atomic E-state index is 10.9. The molecule has 9 nitrogen and oxygen atoms in total. The molecule has 2 atom stereocenters. The largest absolute Gasteiger partial charge is 0.474 e. The Kier molecular flexibility index (Phi) is 9.71. The number of nitrogens with one attached hydrogen (secondary N) is 1. The van der Waals surface area contributed by atoms with Crippen molar-refractivity contribution >= 4 is 15.7 Å². The third-order valence-corrected chi connectivity index (χ3v) is 3.04. The minimum atomic E-state index is -4.05. The summed E-state index contributed by atoms with van der Waals surface area (Å²) in [4.78, 5) is 8.88. The Balaban J connectivity index is 3.86. The lowest BCUT2D eigenvalue weighted by Crippen LogP contribution is -2.26. The fourth-order valence-corrected chi connectivity index (χ4v) is 1.64. The minimum Gasteiger partial charge on any atom is -0.354 e. The Morgan fingerprint density at radius 3 is 2.56 bits per heavy atom. The molecule has 0 aromatic heterocycles. The van der Waals surface area contributed by atoms with Gasteiger partial charge in [0.05, 0.1) is 13.2 Å². The van der Waals surface area contributed by atoms with Gasteiger partial charge in [-0.2, -0.15) is 0 Å². The van der Waals surface area contributed by atoms with Gasteiger partial charge in [-0.3, -0.25) is 13.6 Å². The summed E-state index contributed by atoms with van der Waals surface area (Å²) in [7, 11) is -4.23. The number of hydrogen-bond acceptors (Lipinski definition) is 8. The van der Waals surface area contributed by atoms with E-state index in [4.69, 9.17) is 9.63 Å². The Labute approximate surface area is 105 Å². The van der Waals surface area contributed by atoms with Crippen LogP contribution in [-0.4, -0.2) is 45.6 Å². The summed E-state index contributed by atoms with van der Waals surface area (Å²) in [5.74, 6) is -0.230. The Morgan fingerprint density at radius 1 is 1.39 bits per heavy atom. The molecule has 0 aromatic carbocycles. The van der Waals surface area contributed by atoms with Crippen LogP contribution in [0.1, 0.15) is 0 Å². The van der Waals surface area contributed by atoms with Crippen molar-refractivity contribution in [3.05, 3.63) is 0 Å². The molecule has 0 spiro atoms. The smallest absolute Gasteiger partial charge is 0.354 e. The van der Waals surface area contributed by atoms with Gasteiger partial charge in [0.2, 0.25) is 0 Å². The third kappa shape index (κ3) is 9.87.